The minimum absolute atomic E-state index is 0.133. The number of hydrogen-bond donors (Lipinski definition) is 2. The van der Waals surface area contributed by atoms with Crippen LogP contribution in [0.2, 0.25) is 0 Å². The SMILES string of the molecule is Cc1cc(C)cc(NC(=O)Cc2csc(NC(=O)c3ccsc3)n2)c1. The molecule has 2 N–H and O–H groups in total. The molecule has 0 aliphatic rings. The van der Waals surface area contributed by atoms with E-state index in [0.29, 0.717) is 16.4 Å². The van der Waals surface area contributed by atoms with Crippen LogP contribution in [0.3, 0.4) is 0 Å². The maximum absolute atomic E-state index is 12.2. The number of thiophene rings is 1. The first-order valence-electron chi connectivity index (χ1n) is 7.66. The Labute approximate surface area is 153 Å². The molecule has 0 fully saturated rings. The molecule has 0 aliphatic carbocycles. The van der Waals surface area contributed by atoms with Crippen LogP contribution in [0.4, 0.5) is 10.8 Å². The van der Waals surface area contributed by atoms with E-state index in [1.807, 2.05) is 31.4 Å². The van der Waals surface area contributed by atoms with Crippen LogP contribution < -0.4 is 10.6 Å². The molecular formula is C18H17N3O2S2. The average Bonchev–Trinajstić information content (AvgIpc) is 3.17. The fourth-order valence-electron chi connectivity index (χ4n) is 2.43. The van der Waals surface area contributed by atoms with Crippen LogP contribution in [0.25, 0.3) is 0 Å². The lowest BCUT2D eigenvalue weighted by atomic mass is 10.1. The topological polar surface area (TPSA) is 71.1 Å². The Morgan fingerprint density at radius 3 is 2.52 bits per heavy atom. The minimum Gasteiger partial charge on any atom is -0.326 e. The number of hydrogen-bond acceptors (Lipinski definition) is 5. The predicted molar refractivity (Wildman–Crippen MR) is 103 cm³/mol. The lowest BCUT2D eigenvalue weighted by Gasteiger charge is -2.06. The quantitative estimate of drug-likeness (QED) is 0.704. The maximum Gasteiger partial charge on any atom is 0.258 e. The second-order valence-corrected chi connectivity index (χ2v) is 7.35. The standard InChI is InChI=1S/C18H17N3O2S2/c1-11-5-12(2)7-14(6-11)19-16(22)8-15-10-25-18(20-15)21-17(23)13-3-4-24-9-13/h3-7,9-10H,8H2,1-2H3,(H,19,22)(H,20,21,23). The minimum atomic E-state index is -0.193. The number of aromatic nitrogens is 1. The summed E-state index contributed by atoms with van der Waals surface area (Å²) in [4.78, 5) is 28.5. The molecule has 2 heterocycles. The number of carbonyl (C=O) groups excluding carboxylic acids is 2. The summed E-state index contributed by atoms with van der Waals surface area (Å²) in [5.41, 5.74) is 4.22. The van der Waals surface area contributed by atoms with Crippen molar-refractivity contribution in [2.75, 3.05) is 10.6 Å². The molecule has 2 aromatic heterocycles. The van der Waals surface area contributed by atoms with Gasteiger partial charge in [-0.15, -0.1) is 11.3 Å². The van der Waals surface area contributed by atoms with E-state index in [1.165, 1.54) is 22.7 Å². The summed E-state index contributed by atoms with van der Waals surface area (Å²) in [6, 6.07) is 7.67. The molecule has 128 valence electrons. The average molecular weight is 371 g/mol. The number of carbonyl (C=O) groups is 2. The zero-order valence-corrected chi connectivity index (χ0v) is 15.5. The van der Waals surface area contributed by atoms with Crippen molar-refractivity contribution in [2.45, 2.75) is 20.3 Å². The normalized spacial score (nSPS) is 10.5. The highest BCUT2D eigenvalue weighted by atomic mass is 32.1. The molecule has 0 aliphatic heterocycles. The smallest absolute Gasteiger partial charge is 0.258 e. The van der Waals surface area contributed by atoms with Crippen LogP contribution in [-0.2, 0) is 11.2 Å². The van der Waals surface area contributed by atoms with Crippen LogP contribution in [0.15, 0.2) is 40.4 Å². The molecule has 0 spiro atoms. The van der Waals surface area contributed by atoms with Gasteiger partial charge in [-0.1, -0.05) is 6.07 Å². The van der Waals surface area contributed by atoms with E-state index in [9.17, 15) is 9.59 Å². The van der Waals surface area contributed by atoms with Crippen molar-refractivity contribution in [3.05, 3.63) is 62.8 Å². The Morgan fingerprint density at radius 1 is 1.08 bits per heavy atom. The van der Waals surface area contributed by atoms with Gasteiger partial charge in [-0.2, -0.15) is 11.3 Å². The third kappa shape index (κ3) is 4.74. The van der Waals surface area contributed by atoms with E-state index >= 15 is 0 Å². The van der Waals surface area contributed by atoms with Crippen molar-refractivity contribution >= 4 is 45.3 Å². The molecule has 5 nitrogen and oxygen atoms in total. The number of nitrogens with zero attached hydrogens (tertiary/aromatic N) is 1. The molecule has 0 bridgehead atoms. The summed E-state index contributed by atoms with van der Waals surface area (Å²) in [5.74, 6) is -0.326. The first-order valence-corrected chi connectivity index (χ1v) is 9.48. The van der Waals surface area contributed by atoms with Crippen molar-refractivity contribution in [3.63, 3.8) is 0 Å². The second kappa shape index (κ2) is 7.58. The molecule has 0 atom stereocenters. The molecule has 0 saturated carbocycles. The van der Waals surface area contributed by atoms with Gasteiger partial charge in [0.25, 0.3) is 5.91 Å². The van der Waals surface area contributed by atoms with Gasteiger partial charge in [-0.25, -0.2) is 4.98 Å². The number of nitrogens with one attached hydrogen (secondary N) is 2. The van der Waals surface area contributed by atoms with Gasteiger partial charge in [0.15, 0.2) is 5.13 Å². The molecular weight excluding hydrogens is 354 g/mol. The molecule has 7 heteroatoms. The first kappa shape index (κ1) is 17.3. The highest BCUT2D eigenvalue weighted by Crippen LogP contribution is 2.19. The lowest BCUT2D eigenvalue weighted by molar-refractivity contribution is -0.115. The fraction of sp³-hybridized carbons (Fsp3) is 0.167. The van der Waals surface area contributed by atoms with Gasteiger partial charge in [0, 0.05) is 16.4 Å². The van der Waals surface area contributed by atoms with E-state index in [2.05, 4.69) is 21.7 Å². The molecule has 0 radical (unpaired) electrons. The maximum atomic E-state index is 12.2. The van der Waals surface area contributed by atoms with Gasteiger partial charge in [-0.3, -0.25) is 14.9 Å². The van der Waals surface area contributed by atoms with Crippen molar-refractivity contribution in [2.24, 2.45) is 0 Å². The predicted octanol–water partition coefficient (Wildman–Crippen LogP) is 4.25. The highest BCUT2D eigenvalue weighted by molar-refractivity contribution is 7.14. The Morgan fingerprint density at radius 2 is 1.84 bits per heavy atom. The molecule has 0 unspecified atom stereocenters. The molecule has 3 aromatic rings. The van der Waals surface area contributed by atoms with Crippen molar-refractivity contribution in [3.8, 4) is 0 Å². The zero-order valence-electron chi connectivity index (χ0n) is 13.8. The molecule has 3 rings (SSSR count). The highest BCUT2D eigenvalue weighted by Gasteiger charge is 2.12. The van der Waals surface area contributed by atoms with Gasteiger partial charge in [-0.05, 0) is 48.6 Å². The van der Waals surface area contributed by atoms with Crippen LogP contribution in [0.1, 0.15) is 27.2 Å². The van der Waals surface area contributed by atoms with Crippen molar-refractivity contribution in [1.29, 1.82) is 0 Å². The monoisotopic (exact) mass is 371 g/mol. The van der Waals surface area contributed by atoms with Crippen LogP contribution in [0.5, 0.6) is 0 Å². The number of thiazole rings is 1. The summed E-state index contributed by atoms with van der Waals surface area (Å²) in [6.45, 7) is 3.98. The Kier molecular flexibility index (Phi) is 5.25. The van der Waals surface area contributed by atoms with Gasteiger partial charge in [0.1, 0.15) is 0 Å². The molecule has 1 aromatic carbocycles. The van der Waals surface area contributed by atoms with E-state index in [4.69, 9.17) is 0 Å². The largest absolute Gasteiger partial charge is 0.326 e. The van der Waals surface area contributed by atoms with E-state index in [-0.39, 0.29) is 18.2 Å². The summed E-state index contributed by atoms with van der Waals surface area (Å²) >= 11 is 2.77. The number of amides is 2. The summed E-state index contributed by atoms with van der Waals surface area (Å²) in [5, 5.41) is 11.5. The summed E-state index contributed by atoms with van der Waals surface area (Å²) in [6.07, 6.45) is 0.164. The number of rotatable bonds is 5. The van der Waals surface area contributed by atoms with E-state index in [0.717, 1.165) is 16.8 Å². The van der Waals surface area contributed by atoms with Gasteiger partial charge in [0.2, 0.25) is 5.91 Å². The van der Waals surface area contributed by atoms with Gasteiger partial charge in [0.05, 0.1) is 17.7 Å². The first-order chi connectivity index (χ1) is 12.0. The Bertz CT molecular complexity index is 881. The van der Waals surface area contributed by atoms with Crippen molar-refractivity contribution < 1.29 is 9.59 Å². The zero-order chi connectivity index (χ0) is 17.8. The van der Waals surface area contributed by atoms with Gasteiger partial charge < -0.3 is 5.32 Å². The third-order valence-electron chi connectivity index (χ3n) is 3.40. The molecule has 25 heavy (non-hydrogen) atoms. The third-order valence-corrected chi connectivity index (χ3v) is 4.89. The molecule has 2 amide bonds. The number of aryl methyl sites for hydroxylation is 2. The fourth-order valence-corrected chi connectivity index (χ4v) is 3.77. The summed E-state index contributed by atoms with van der Waals surface area (Å²) in [7, 11) is 0. The Hall–Kier alpha value is -2.51. The summed E-state index contributed by atoms with van der Waals surface area (Å²) < 4.78 is 0. The number of anilines is 2. The van der Waals surface area contributed by atoms with E-state index < -0.39 is 0 Å². The Balaban J connectivity index is 1.59. The lowest BCUT2D eigenvalue weighted by Crippen LogP contribution is -2.15. The second-order valence-electron chi connectivity index (χ2n) is 5.71. The van der Waals surface area contributed by atoms with Crippen LogP contribution in [-0.4, -0.2) is 16.8 Å². The number of benzene rings is 1. The van der Waals surface area contributed by atoms with E-state index in [1.54, 1.807) is 16.8 Å². The van der Waals surface area contributed by atoms with Crippen molar-refractivity contribution in [1.82, 2.24) is 4.98 Å². The van der Waals surface area contributed by atoms with Gasteiger partial charge >= 0.3 is 0 Å². The van der Waals surface area contributed by atoms with Crippen LogP contribution in [0, 0.1) is 13.8 Å². The van der Waals surface area contributed by atoms with Crippen LogP contribution >= 0.6 is 22.7 Å². The molecule has 0 saturated heterocycles.